The molecule has 0 saturated heterocycles. The van der Waals surface area contributed by atoms with Crippen molar-refractivity contribution < 1.29 is 5.11 Å². The van der Waals surface area contributed by atoms with Crippen LogP contribution in [0, 0.1) is 6.92 Å². The topological polar surface area (TPSA) is 87.4 Å². The van der Waals surface area contributed by atoms with E-state index in [1.54, 1.807) is 0 Å². The largest absolute Gasteiger partial charge is 0.388 e. The molecule has 3 N–H and O–H groups in total. The van der Waals surface area contributed by atoms with Gasteiger partial charge in [-0.1, -0.05) is 60.7 Å². The minimum absolute atomic E-state index is 0.513. The number of hydrogen-bond donors (Lipinski definition) is 3. The van der Waals surface area contributed by atoms with Crippen molar-refractivity contribution in [3.8, 4) is 0 Å². The first-order valence-corrected chi connectivity index (χ1v) is 9.77. The van der Waals surface area contributed by atoms with E-state index in [0.29, 0.717) is 32.0 Å². The van der Waals surface area contributed by atoms with Crippen LogP contribution in [0.15, 0.2) is 65.7 Å². The van der Waals surface area contributed by atoms with Gasteiger partial charge in [-0.2, -0.15) is 0 Å². The van der Waals surface area contributed by atoms with Gasteiger partial charge in [-0.25, -0.2) is 4.99 Å². The summed E-state index contributed by atoms with van der Waals surface area (Å²) in [4.78, 5) is 4.67. The van der Waals surface area contributed by atoms with Gasteiger partial charge in [0.2, 0.25) is 0 Å². The average Bonchev–Trinajstić information content (AvgIpc) is 3.08. The van der Waals surface area contributed by atoms with Crippen molar-refractivity contribution in [2.75, 3.05) is 6.54 Å². The van der Waals surface area contributed by atoms with Crippen molar-refractivity contribution in [1.82, 2.24) is 25.4 Å². The molecule has 0 aliphatic heterocycles. The van der Waals surface area contributed by atoms with Gasteiger partial charge >= 0.3 is 0 Å². The van der Waals surface area contributed by atoms with Crippen molar-refractivity contribution in [2.24, 2.45) is 12.0 Å². The fraction of sp³-hybridized carbons (Fsp3) is 0.318. The predicted molar refractivity (Wildman–Crippen MR) is 114 cm³/mol. The summed E-state index contributed by atoms with van der Waals surface area (Å²) >= 11 is 0. The van der Waals surface area contributed by atoms with Crippen LogP contribution in [0.3, 0.4) is 0 Å². The Hall–Kier alpha value is -3.19. The molecule has 0 aliphatic rings. The molecule has 3 rings (SSSR count). The highest BCUT2D eigenvalue weighted by Gasteiger charge is 2.09. The Kier molecular flexibility index (Phi) is 7.35. The quantitative estimate of drug-likeness (QED) is 0.405. The Morgan fingerprint density at radius 2 is 1.72 bits per heavy atom. The molecule has 1 heterocycles. The third-order valence-corrected chi connectivity index (χ3v) is 4.75. The molecule has 7 nitrogen and oxygen atoms in total. The Morgan fingerprint density at radius 1 is 1.03 bits per heavy atom. The molecule has 1 atom stereocenters. The lowest BCUT2D eigenvalue weighted by Crippen LogP contribution is -2.38. The van der Waals surface area contributed by atoms with Crippen molar-refractivity contribution >= 4 is 5.96 Å². The van der Waals surface area contributed by atoms with Crippen LogP contribution in [-0.4, -0.2) is 32.4 Å². The van der Waals surface area contributed by atoms with Crippen LogP contribution >= 0.6 is 0 Å². The molecular weight excluding hydrogens is 364 g/mol. The number of benzene rings is 2. The minimum Gasteiger partial charge on any atom is -0.388 e. The van der Waals surface area contributed by atoms with Gasteiger partial charge in [0.15, 0.2) is 11.8 Å². The smallest absolute Gasteiger partial charge is 0.191 e. The van der Waals surface area contributed by atoms with Crippen molar-refractivity contribution in [3.05, 3.63) is 83.4 Å². The number of aliphatic hydroxyl groups is 1. The van der Waals surface area contributed by atoms with Gasteiger partial charge in [0.25, 0.3) is 0 Å². The van der Waals surface area contributed by atoms with Gasteiger partial charge in [0.05, 0.1) is 19.2 Å². The summed E-state index contributed by atoms with van der Waals surface area (Å²) in [7, 11) is 1.94. The molecule has 2 aromatic carbocycles. The van der Waals surface area contributed by atoms with E-state index in [1.165, 1.54) is 0 Å². The lowest BCUT2D eigenvalue weighted by Gasteiger charge is -2.15. The van der Waals surface area contributed by atoms with Crippen LogP contribution < -0.4 is 10.6 Å². The molecule has 0 amide bonds. The number of aliphatic imine (C=N–C) groups is 1. The zero-order valence-electron chi connectivity index (χ0n) is 16.9. The van der Waals surface area contributed by atoms with Crippen molar-refractivity contribution in [1.29, 1.82) is 0 Å². The summed E-state index contributed by atoms with van der Waals surface area (Å²) in [5.74, 6) is 2.37. The maximum atomic E-state index is 10.4. The van der Waals surface area contributed by atoms with Crippen molar-refractivity contribution in [3.63, 3.8) is 0 Å². The van der Waals surface area contributed by atoms with E-state index in [2.05, 4.69) is 25.8 Å². The predicted octanol–water partition coefficient (Wildman–Crippen LogP) is 2.48. The van der Waals surface area contributed by atoms with Gasteiger partial charge in [0, 0.05) is 13.6 Å². The van der Waals surface area contributed by atoms with E-state index < -0.39 is 6.10 Å². The summed E-state index contributed by atoms with van der Waals surface area (Å²) in [6, 6.07) is 19.8. The highest BCUT2D eigenvalue weighted by molar-refractivity contribution is 5.79. The molecule has 3 aromatic rings. The van der Waals surface area contributed by atoms with Gasteiger partial charge < -0.3 is 20.3 Å². The minimum atomic E-state index is -0.513. The molecule has 7 heteroatoms. The number of aliphatic hydroxyl groups excluding tert-OH is 1. The monoisotopic (exact) mass is 392 g/mol. The number of guanidine groups is 1. The third kappa shape index (κ3) is 6.15. The van der Waals surface area contributed by atoms with Gasteiger partial charge in [0.1, 0.15) is 5.82 Å². The van der Waals surface area contributed by atoms with Crippen LogP contribution in [0.1, 0.15) is 35.3 Å². The molecule has 1 aromatic heterocycles. The molecular formula is C22H28N6O. The number of aromatic nitrogens is 3. The zero-order valence-corrected chi connectivity index (χ0v) is 16.9. The SMILES string of the molecule is Cc1nnc(CNC(=NCc2ccccc2)NCCC(O)c2ccccc2)n1C. The van der Waals surface area contributed by atoms with E-state index >= 15 is 0 Å². The van der Waals surface area contributed by atoms with Crippen LogP contribution in [0.2, 0.25) is 0 Å². The Morgan fingerprint density at radius 3 is 2.38 bits per heavy atom. The average molecular weight is 393 g/mol. The van der Waals surface area contributed by atoms with E-state index in [9.17, 15) is 5.11 Å². The molecule has 0 bridgehead atoms. The summed E-state index contributed by atoms with van der Waals surface area (Å²) in [5.41, 5.74) is 2.05. The van der Waals surface area contributed by atoms with E-state index in [-0.39, 0.29) is 0 Å². The highest BCUT2D eigenvalue weighted by Crippen LogP contribution is 2.14. The summed E-state index contributed by atoms with van der Waals surface area (Å²) in [5, 5.41) is 25.3. The van der Waals surface area contributed by atoms with Crippen LogP contribution in [-0.2, 0) is 20.1 Å². The van der Waals surface area contributed by atoms with Gasteiger partial charge in [-0.3, -0.25) is 0 Å². The second-order valence-electron chi connectivity index (χ2n) is 6.87. The Balaban J connectivity index is 1.59. The standard InChI is InChI=1S/C22H28N6O/c1-17-26-27-21(28(17)2)16-25-22(24-15-18-9-5-3-6-10-18)23-14-13-20(29)19-11-7-4-8-12-19/h3-12,20,29H,13-16H2,1-2H3,(H2,23,24,25). The number of rotatable bonds is 8. The number of nitrogens with one attached hydrogen (secondary N) is 2. The Labute approximate surface area is 171 Å². The lowest BCUT2D eigenvalue weighted by molar-refractivity contribution is 0.168. The highest BCUT2D eigenvalue weighted by atomic mass is 16.3. The molecule has 0 spiro atoms. The maximum absolute atomic E-state index is 10.4. The second-order valence-corrected chi connectivity index (χ2v) is 6.87. The molecule has 0 fully saturated rings. The molecule has 0 aliphatic carbocycles. The molecule has 152 valence electrons. The first-order valence-electron chi connectivity index (χ1n) is 9.77. The van der Waals surface area contributed by atoms with Crippen LogP contribution in [0.25, 0.3) is 0 Å². The summed E-state index contributed by atoms with van der Waals surface area (Å²) < 4.78 is 1.95. The lowest BCUT2D eigenvalue weighted by atomic mass is 10.1. The number of aryl methyl sites for hydroxylation is 1. The normalized spacial score (nSPS) is 12.6. The van der Waals surface area contributed by atoms with Crippen LogP contribution in [0.5, 0.6) is 0 Å². The fourth-order valence-corrected chi connectivity index (χ4v) is 2.86. The molecule has 0 radical (unpaired) electrons. The molecule has 1 unspecified atom stereocenters. The second kappa shape index (κ2) is 10.4. The third-order valence-electron chi connectivity index (χ3n) is 4.75. The van der Waals surface area contributed by atoms with E-state index in [0.717, 1.165) is 22.8 Å². The van der Waals surface area contributed by atoms with Gasteiger partial charge in [-0.05, 0) is 24.5 Å². The summed E-state index contributed by atoms with van der Waals surface area (Å²) in [6.07, 6.45) is 0.0690. The maximum Gasteiger partial charge on any atom is 0.191 e. The molecule has 29 heavy (non-hydrogen) atoms. The Bertz CT molecular complexity index is 908. The van der Waals surface area contributed by atoms with Crippen LogP contribution in [0.4, 0.5) is 0 Å². The summed E-state index contributed by atoms with van der Waals surface area (Å²) in [6.45, 7) is 3.59. The first kappa shape index (κ1) is 20.5. The first-order chi connectivity index (χ1) is 14.1. The number of nitrogens with zero attached hydrogens (tertiary/aromatic N) is 4. The van der Waals surface area contributed by atoms with E-state index in [4.69, 9.17) is 0 Å². The fourth-order valence-electron chi connectivity index (χ4n) is 2.86. The molecule has 0 saturated carbocycles. The van der Waals surface area contributed by atoms with Gasteiger partial charge in [-0.15, -0.1) is 10.2 Å². The zero-order chi connectivity index (χ0) is 20.5. The number of hydrogen-bond acceptors (Lipinski definition) is 4. The van der Waals surface area contributed by atoms with Crippen molar-refractivity contribution in [2.45, 2.75) is 32.5 Å². The van der Waals surface area contributed by atoms with E-state index in [1.807, 2.05) is 79.2 Å².